The number of carbonyl (C=O) groups is 1. The van der Waals surface area contributed by atoms with E-state index in [9.17, 15) is 18.0 Å². The maximum absolute atomic E-state index is 12.4. The predicted molar refractivity (Wildman–Crippen MR) is 72.9 cm³/mol. The number of hydrogen-bond acceptors (Lipinski definition) is 2. The molecule has 2 aromatic rings. The summed E-state index contributed by atoms with van der Waals surface area (Å²) in [5, 5.41) is 11.9. The van der Waals surface area contributed by atoms with Gasteiger partial charge >= 0.3 is 12.1 Å². The summed E-state index contributed by atoms with van der Waals surface area (Å²) < 4.78 is 37.1. The van der Waals surface area contributed by atoms with Gasteiger partial charge in [-0.3, -0.25) is 0 Å². The number of halogens is 3. The Hall–Kier alpha value is -2.50. The van der Waals surface area contributed by atoms with Gasteiger partial charge in [0, 0.05) is 5.69 Å². The molecule has 2 rings (SSSR count). The Balaban J connectivity index is 2.25. The van der Waals surface area contributed by atoms with Crippen molar-refractivity contribution < 1.29 is 23.1 Å². The highest BCUT2D eigenvalue weighted by Gasteiger charge is 2.27. The Morgan fingerprint density at radius 2 is 1.81 bits per heavy atom. The van der Waals surface area contributed by atoms with Crippen LogP contribution >= 0.6 is 0 Å². The van der Waals surface area contributed by atoms with E-state index >= 15 is 0 Å². The lowest BCUT2D eigenvalue weighted by molar-refractivity contribution is -0.127. The van der Waals surface area contributed by atoms with Crippen molar-refractivity contribution in [2.75, 3.05) is 5.32 Å². The van der Waals surface area contributed by atoms with Crippen LogP contribution in [0.4, 0.5) is 24.5 Å². The number of aromatic carboxylic acids is 1. The quantitative estimate of drug-likeness (QED) is 0.887. The largest absolute Gasteiger partial charge is 0.478 e. The van der Waals surface area contributed by atoms with Crippen LogP contribution in [-0.4, -0.2) is 17.3 Å². The second-order valence-corrected chi connectivity index (χ2v) is 4.47. The summed E-state index contributed by atoms with van der Waals surface area (Å²) in [5.41, 5.74) is 0.902. The first-order chi connectivity index (χ1) is 9.85. The molecule has 0 aromatic heterocycles. The zero-order valence-electron chi connectivity index (χ0n) is 10.8. The number of para-hydroxylation sites is 1. The summed E-state index contributed by atoms with van der Waals surface area (Å²) in [6.07, 6.45) is -5.30. The van der Waals surface area contributed by atoms with Gasteiger partial charge < -0.3 is 10.4 Å². The highest BCUT2D eigenvalue weighted by atomic mass is 19.4. The van der Waals surface area contributed by atoms with E-state index < -0.39 is 18.6 Å². The highest BCUT2D eigenvalue weighted by Crippen LogP contribution is 2.25. The molecule has 0 fully saturated rings. The van der Waals surface area contributed by atoms with Crippen molar-refractivity contribution in [3.8, 4) is 0 Å². The minimum absolute atomic E-state index is 0.0544. The molecule has 6 heteroatoms. The summed E-state index contributed by atoms with van der Waals surface area (Å²) in [7, 11) is 0. The molecule has 21 heavy (non-hydrogen) atoms. The number of rotatable bonds is 4. The average molecular weight is 295 g/mol. The van der Waals surface area contributed by atoms with E-state index in [-0.39, 0.29) is 11.1 Å². The molecule has 2 N–H and O–H groups in total. The summed E-state index contributed by atoms with van der Waals surface area (Å²) in [5.74, 6) is -1.11. The molecule has 0 bridgehead atoms. The van der Waals surface area contributed by atoms with Crippen LogP contribution < -0.4 is 5.32 Å². The lowest BCUT2D eigenvalue weighted by Gasteiger charge is -2.11. The van der Waals surface area contributed by atoms with E-state index in [0.29, 0.717) is 11.4 Å². The van der Waals surface area contributed by atoms with Gasteiger partial charge in [-0.2, -0.15) is 13.2 Å². The van der Waals surface area contributed by atoms with E-state index in [2.05, 4.69) is 5.32 Å². The molecular formula is C15H12F3NO2. The van der Waals surface area contributed by atoms with Crippen LogP contribution in [0.15, 0.2) is 48.5 Å². The second kappa shape index (κ2) is 5.87. The van der Waals surface area contributed by atoms with Gasteiger partial charge in [0.1, 0.15) is 0 Å². The molecule has 2 aromatic carbocycles. The van der Waals surface area contributed by atoms with E-state index in [4.69, 9.17) is 5.11 Å². The fourth-order valence-corrected chi connectivity index (χ4v) is 1.92. The third-order valence-corrected chi connectivity index (χ3v) is 2.77. The van der Waals surface area contributed by atoms with E-state index in [1.165, 1.54) is 24.3 Å². The zero-order chi connectivity index (χ0) is 15.5. The van der Waals surface area contributed by atoms with Crippen molar-refractivity contribution in [1.29, 1.82) is 0 Å². The van der Waals surface area contributed by atoms with Crippen LogP contribution in [0.5, 0.6) is 0 Å². The predicted octanol–water partition coefficient (Wildman–Crippen LogP) is 4.23. The van der Waals surface area contributed by atoms with Gasteiger partial charge in [0.2, 0.25) is 0 Å². The Bertz CT molecular complexity index is 653. The summed E-state index contributed by atoms with van der Waals surface area (Å²) in [6, 6.07) is 12.0. The van der Waals surface area contributed by atoms with Crippen LogP contribution in [0.3, 0.4) is 0 Å². The first-order valence-corrected chi connectivity index (χ1v) is 6.10. The van der Waals surface area contributed by atoms with Crippen molar-refractivity contribution in [1.82, 2.24) is 0 Å². The van der Waals surface area contributed by atoms with E-state index in [1.54, 1.807) is 24.3 Å². The number of carboxylic acids is 1. The minimum Gasteiger partial charge on any atom is -0.478 e. The van der Waals surface area contributed by atoms with Crippen LogP contribution in [0.1, 0.15) is 15.9 Å². The highest BCUT2D eigenvalue weighted by molar-refractivity contribution is 5.95. The molecule has 0 atom stereocenters. The number of alkyl halides is 3. The van der Waals surface area contributed by atoms with Crippen molar-refractivity contribution in [2.24, 2.45) is 0 Å². The maximum atomic E-state index is 12.4. The van der Waals surface area contributed by atoms with Gasteiger partial charge in [0.15, 0.2) is 0 Å². The average Bonchev–Trinajstić information content (AvgIpc) is 2.37. The molecule has 0 saturated heterocycles. The molecular weight excluding hydrogens is 283 g/mol. The van der Waals surface area contributed by atoms with Gasteiger partial charge in [0.25, 0.3) is 0 Å². The number of benzene rings is 2. The third-order valence-electron chi connectivity index (χ3n) is 2.77. The fourth-order valence-electron chi connectivity index (χ4n) is 1.92. The van der Waals surface area contributed by atoms with Crippen molar-refractivity contribution in [3.63, 3.8) is 0 Å². The molecule has 0 aliphatic rings. The molecule has 0 aliphatic carbocycles. The Morgan fingerprint density at radius 1 is 1.10 bits per heavy atom. The molecule has 110 valence electrons. The zero-order valence-corrected chi connectivity index (χ0v) is 10.8. The lowest BCUT2D eigenvalue weighted by atomic mass is 10.1. The monoisotopic (exact) mass is 295 g/mol. The standard InChI is InChI=1S/C15H12F3NO2/c16-15(17,18)9-10-4-3-5-11(8-10)19-13-7-2-1-6-12(13)14(20)21/h1-8,19H,9H2,(H,20,21). The fraction of sp³-hybridized carbons (Fsp3) is 0.133. The molecule has 0 aliphatic heterocycles. The molecule has 0 amide bonds. The van der Waals surface area contributed by atoms with Crippen molar-refractivity contribution in [3.05, 3.63) is 59.7 Å². The lowest BCUT2D eigenvalue weighted by Crippen LogP contribution is -2.11. The van der Waals surface area contributed by atoms with Gasteiger partial charge in [-0.1, -0.05) is 24.3 Å². The van der Waals surface area contributed by atoms with E-state index in [1.807, 2.05) is 0 Å². The van der Waals surface area contributed by atoms with Crippen LogP contribution in [-0.2, 0) is 6.42 Å². The Kier molecular flexibility index (Phi) is 4.16. The molecule has 0 heterocycles. The number of nitrogens with one attached hydrogen (secondary N) is 1. The first kappa shape index (κ1) is 14.9. The van der Waals surface area contributed by atoms with Crippen molar-refractivity contribution >= 4 is 17.3 Å². The van der Waals surface area contributed by atoms with Gasteiger partial charge in [-0.25, -0.2) is 4.79 Å². The number of hydrogen-bond donors (Lipinski definition) is 2. The minimum atomic E-state index is -4.28. The SMILES string of the molecule is O=C(O)c1ccccc1Nc1cccc(CC(F)(F)F)c1. The smallest absolute Gasteiger partial charge is 0.393 e. The Morgan fingerprint density at radius 3 is 2.48 bits per heavy atom. The summed E-state index contributed by atoms with van der Waals surface area (Å²) in [6.45, 7) is 0. The second-order valence-electron chi connectivity index (χ2n) is 4.47. The van der Waals surface area contributed by atoms with Gasteiger partial charge in [-0.15, -0.1) is 0 Å². The Labute approximate surface area is 119 Å². The maximum Gasteiger partial charge on any atom is 0.393 e. The van der Waals surface area contributed by atoms with Crippen molar-refractivity contribution in [2.45, 2.75) is 12.6 Å². The molecule has 0 radical (unpaired) electrons. The summed E-state index contributed by atoms with van der Waals surface area (Å²) in [4.78, 5) is 11.1. The van der Waals surface area contributed by atoms with Crippen LogP contribution in [0, 0.1) is 0 Å². The molecule has 0 spiro atoms. The molecule has 0 unspecified atom stereocenters. The first-order valence-electron chi connectivity index (χ1n) is 6.10. The number of carboxylic acid groups (broad SMARTS) is 1. The number of anilines is 2. The van der Waals surface area contributed by atoms with Crippen LogP contribution in [0.25, 0.3) is 0 Å². The molecule has 3 nitrogen and oxygen atoms in total. The normalized spacial score (nSPS) is 11.2. The van der Waals surface area contributed by atoms with Crippen LogP contribution in [0.2, 0.25) is 0 Å². The van der Waals surface area contributed by atoms with Gasteiger partial charge in [0.05, 0.1) is 17.7 Å². The van der Waals surface area contributed by atoms with Gasteiger partial charge in [-0.05, 0) is 29.8 Å². The van der Waals surface area contributed by atoms with E-state index in [0.717, 1.165) is 0 Å². The third kappa shape index (κ3) is 4.24. The topological polar surface area (TPSA) is 49.3 Å². The summed E-state index contributed by atoms with van der Waals surface area (Å²) >= 11 is 0. The molecule has 0 saturated carbocycles.